The van der Waals surface area contributed by atoms with Crippen LogP contribution in [0.4, 0.5) is 0 Å². The summed E-state index contributed by atoms with van der Waals surface area (Å²) in [5, 5.41) is 0. The standard InChI is InChI=1S/C21H26O8/c1-10-6-7-16-19(18-11(2)17(8-15(10)18)27-13(4)23)28-20(25)21(16,29-14(5)24)9-26-12(3)22/h15-19H,1-2,6-9H2,3-5H3. The summed E-state index contributed by atoms with van der Waals surface area (Å²) in [6.45, 7) is 11.6. The van der Waals surface area contributed by atoms with E-state index in [4.69, 9.17) is 18.9 Å². The number of hydrogen-bond donors (Lipinski definition) is 0. The van der Waals surface area contributed by atoms with Gasteiger partial charge in [0.1, 0.15) is 18.8 Å². The Hall–Kier alpha value is -2.64. The second-order valence-electron chi connectivity index (χ2n) is 7.98. The molecule has 0 spiro atoms. The van der Waals surface area contributed by atoms with Crippen molar-refractivity contribution in [2.45, 2.75) is 57.8 Å². The molecule has 0 aromatic carbocycles. The van der Waals surface area contributed by atoms with Gasteiger partial charge in [0.2, 0.25) is 5.60 Å². The fourth-order valence-electron chi connectivity index (χ4n) is 4.93. The predicted octanol–water partition coefficient (Wildman–Crippen LogP) is 1.87. The molecular formula is C21H26O8. The van der Waals surface area contributed by atoms with Crippen LogP contribution in [0, 0.1) is 17.8 Å². The summed E-state index contributed by atoms with van der Waals surface area (Å²) >= 11 is 0. The zero-order chi connectivity index (χ0) is 21.5. The summed E-state index contributed by atoms with van der Waals surface area (Å²) in [5.41, 5.74) is -0.112. The highest BCUT2D eigenvalue weighted by atomic mass is 16.6. The minimum atomic E-state index is -1.71. The SMILES string of the molecule is C=C1CCC2C(OC(=O)C2(COC(C)=O)OC(C)=O)C2C(=C)C(OC(C)=O)CC12. The molecule has 2 saturated carbocycles. The third kappa shape index (κ3) is 3.68. The zero-order valence-electron chi connectivity index (χ0n) is 16.9. The molecule has 0 bridgehead atoms. The maximum Gasteiger partial charge on any atom is 0.355 e. The minimum Gasteiger partial charge on any atom is -0.461 e. The Kier molecular flexibility index (Phi) is 5.56. The zero-order valence-corrected chi connectivity index (χ0v) is 16.9. The Bertz CT molecular complexity index is 784. The number of hydrogen-bond acceptors (Lipinski definition) is 8. The summed E-state index contributed by atoms with van der Waals surface area (Å²) < 4.78 is 21.7. The molecule has 8 nitrogen and oxygen atoms in total. The molecule has 0 aromatic heterocycles. The number of rotatable bonds is 4. The average Bonchev–Trinajstić information content (AvgIpc) is 3.00. The van der Waals surface area contributed by atoms with E-state index in [0.29, 0.717) is 24.8 Å². The van der Waals surface area contributed by atoms with Crippen molar-refractivity contribution in [3.8, 4) is 0 Å². The van der Waals surface area contributed by atoms with E-state index in [-0.39, 0.29) is 11.8 Å². The molecule has 1 aliphatic heterocycles. The molecule has 0 amide bonds. The van der Waals surface area contributed by atoms with Crippen molar-refractivity contribution in [1.29, 1.82) is 0 Å². The Labute approximate surface area is 169 Å². The van der Waals surface area contributed by atoms with Crippen molar-refractivity contribution in [3.05, 3.63) is 24.3 Å². The molecule has 3 aliphatic rings. The van der Waals surface area contributed by atoms with E-state index in [2.05, 4.69) is 13.2 Å². The third-order valence-corrected chi connectivity index (χ3v) is 6.11. The lowest BCUT2D eigenvalue weighted by Gasteiger charge is -2.32. The summed E-state index contributed by atoms with van der Waals surface area (Å²) in [4.78, 5) is 47.6. The molecule has 1 saturated heterocycles. The van der Waals surface area contributed by atoms with Crippen LogP contribution in [0.15, 0.2) is 24.3 Å². The quantitative estimate of drug-likeness (QED) is 0.396. The van der Waals surface area contributed by atoms with Crippen molar-refractivity contribution in [2.24, 2.45) is 17.8 Å². The van der Waals surface area contributed by atoms with E-state index >= 15 is 0 Å². The number of esters is 4. The molecule has 29 heavy (non-hydrogen) atoms. The van der Waals surface area contributed by atoms with Crippen LogP contribution in [0.1, 0.15) is 40.0 Å². The molecule has 0 aromatic rings. The van der Waals surface area contributed by atoms with E-state index in [1.54, 1.807) is 0 Å². The van der Waals surface area contributed by atoms with Crippen molar-refractivity contribution >= 4 is 23.9 Å². The highest BCUT2D eigenvalue weighted by Crippen LogP contribution is 2.54. The molecule has 158 valence electrons. The van der Waals surface area contributed by atoms with Gasteiger partial charge in [-0.3, -0.25) is 14.4 Å². The lowest BCUT2D eigenvalue weighted by molar-refractivity contribution is -0.184. The fraction of sp³-hybridized carbons (Fsp3) is 0.619. The predicted molar refractivity (Wildman–Crippen MR) is 99.2 cm³/mol. The molecule has 6 atom stereocenters. The summed E-state index contributed by atoms with van der Waals surface area (Å²) in [6, 6.07) is 0. The van der Waals surface area contributed by atoms with Gasteiger partial charge in [0.05, 0.1) is 5.92 Å². The Morgan fingerprint density at radius 3 is 2.41 bits per heavy atom. The van der Waals surface area contributed by atoms with Crippen molar-refractivity contribution in [1.82, 2.24) is 0 Å². The Morgan fingerprint density at radius 1 is 1.14 bits per heavy atom. The van der Waals surface area contributed by atoms with Gasteiger partial charge in [-0.2, -0.15) is 0 Å². The number of allylic oxidation sites excluding steroid dienone is 1. The molecule has 3 fully saturated rings. The lowest BCUT2D eigenvalue weighted by Crippen LogP contribution is -2.51. The second-order valence-corrected chi connectivity index (χ2v) is 7.98. The van der Waals surface area contributed by atoms with E-state index in [1.807, 2.05) is 0 Å². The van der Waals surface area contributed by atoms with E-state index < -0.39 is 54.2 Å². The molecule has 3 rings (SSSR count). The Morgan fingerprint density at radius 2 is 1.83 bits per heavy atom. The van der Waals surface area contributed by atoms with Gasteiger partial charge >= 0.3 is 23.9 Å². The smallest absolute Gasteiger partial charge is 0.355 e. The molecule has 6 unspecified atom stereocenters. The molecule has 8 heteroatoms. The van der Waals surface area contributed by atoms with Crippen LogP contribution in [0.3, 0.4) is 0 Å². The van der Waals surface area contributed by atoms with Crippen molar-refractivity contribution in [3.63, 3.8) is 0 Å². The van der Waals surface area contributed by atoms with Gasteiger partial charge in [-0.05, 0) is 30.8 Å². The van der Waals surface area contributed by atoms with Crippen LogP contribution < -0.4 is 0 Å². The molecule has 0 radical (unpaired) electrons. The topological polar surface area (TPSA) is 105 Å². The van der Waals surface area contributed by atoms with E-state index in [9.17, 15) is 19.2 Å². The monoisotopic (exact) mass is 406 g/mol. The largest absolute Gasteiger partial charge is 0.461 e. The minimum absolute atomic E-state index is 0.0727. The highest BCUT2D eigenvalue weighted by Gasteiger charge is 2.65. The van der Waals surface area contributed by atoms with Gasteiger partial charge in [-0.25, -0.2) is 4.79 Å². The van der Waals surface area contributed by atoms with Crippen LogP contribution in [0.5, 0.6) is 0 Å². The maximum atomic E-state index is 12.9. The lowest BCUT2D eigenvalue weighted by atomic mass is 9.77. The van der Waals surface area contributed by atoms with Crippen LogP contribution in [0.2, 0.25) is 0 Å². The van der Waals surface area contributed by atoms with E-state index in [0.717, 1.165) is 5.57 Å². The Balaban J connectivity index is 1.99. The van der Waals surface area contributed by atoms with Gasteiger partial charge in [0, 0.05) is 26.7 Å². The second kappa shape index (κ2) is 7.65. The van der Waals surface area contributed by atoms with Gasteiger partial charge in [0.25, 0.3) is 0 Å². The molecular weight excluding hydrogens is 380 g/mol. The summed E-state index contributed by atoms with van der Waals surface area (Å²) in [5.74, 6) is -3.35. The van der Waals surface area contributed by atoms with E-state index in [1.165, 1.54) is 20.8 Å². The first-order valence-corrected chi connectivity index (χ1v) is 9.64. The van der Waals surface area contributed by atoms with Gasteiger partial charge < -0.3 is 18.9 Å². The third-order valence-electron chi connectivity index (χ3n) is 6.11. The summed E-state index contributed by atoms with van der Waals surface area (Å²) in [6.07, 6.45) is 0.432. The number of fused-ring (bicyclic) bond motifs is 3. The summed E-state index contributed by atoms with van der Waals surface area (Å²) in [7, 11) is 0. The van der Waals surface area contributed by atoms with Crippen molar-refractivity contribution in [2.75, 3.05) is 6.61 Å². The van der Waals surface area contributed by atoms with Crippen LogP contribution in [-0.4, -0.2) is 48.3 Å². The first kappa shape index (κ1) is 21.1. The number of ether oxygens (including phenoxy) is 4. The molecule has 1 heterocycles. The van der Waals surface area contributed by atoms with Crippen LogP contribution in [0.25, 0.3) is 0 Å². The maximum absolute atomic E-state index is 12.9. The van der Waals surface area contributed by atoms with Crippen molar-refractivity contribution < 1.29 is 38.1 Å². The van der Waals surface area contributed by atoms with Crippen LogP contribution >= 0.6 is 0 Å². The first-order valence-electron chi connectivity index (χ1n) is 9.64. The van der Waals surface area contributed by atoms with Gasteiger partial charge in [0.15, 0.2) is 0 Å². The van der Waals surface area contributed by atoms with Crippen LogP contribution in [-0.2, 0) is 38.1 Å². The molecule has 0 N–H and O–H groups in total. The van der Waals surface area contributed by atoms with Gasteiger partial charge in [-0.15, -0.1) is 0 Å². The highest BCUT2D eigenvalue weighted by molar-refractivity contribution is 5.86. The fourth-order valence-corrected chi connectivity index (χ4v) is 4.93. The first-order chi connectivity index (χ1) is 13.6. The number of carbonyl (C=O) groups is 4. The van der Waals surface area contributed by atoms with Gasteiger partial charge in [-0.1, -0.05) is 18.7 Å². The normalized spacial score (nSPS) is 35.8. The molecule has 2 aliphatic carbocycles. The number of carbonyl (C=O) groups excluding carboxylic acids is 4. The average molecular weight is 406 g/mol.